The minimum Gasteiger partial charge on any atom is -0.348 e. The monoisotopic (exact) mass is 510 g/mol. The number of hydrogen-bond donors (Lipinski definition) is 1. The second-order valence-corrected chi connectivity index (χ2v) is 8.82. The van der Waals surface area contributed by atoms with Crippen molar-refractivity contribution in [3.8, 4) is 0 Å². The largest absolute Gasteiger partial charge is 0.417 e. The van der Waals surface area contributed by atoms with Crippen LogP contribution in [-0.4, -0.2) is 23.9 Å². The van der Waals surface area contributed by atoms with Gasteiger partial charge in [-0.25, -0.2) is 4.39 Å². The van der Waals surface area contributed by atoms with Crippen molar-refractivity contribution in [3.05, 3.63) is 68.4 Å². The van der Waals surface area contributed by atoms with Gasteiger partial charge in [0.15, 0.2) is 0 Å². The second-order valence-electron chi connectivity index (χ2n) is 8.04. The van der Waals surface area contributed by atoms with Crippen molar-refractivity contribution in [1.29, 1.82) is 0 Å². The number of alkyl halides is 3. The van der Waals surface area contributed by atoms with Gasteiger partial charge in [0.2, 0.25) is 0 Å². The molecule has 1 atom stereocenters. The number of nitrogens with one attached hydrogen (secondary N) is 1. The predicted molar refractivity (Wildman–Crippen MR) is 118 cm³/mol. The van der Waals surface area contributed by atoms with Crippen LogP contribution in [0.25, 0.3) is 0 Å². The van der Waals surface area contributed by atoms with Gasteiger partial charge in [0.25, 0.3) is 5.91 Å². The van der Waals surface area contributed by atoms with Gasteiger partial charge in [0.05, 0.1) is 21.2 Å². The minimum absolute atomic E-state index is 0. The highest BCUT2D eigenvalue weighted by atomic mass is 35.5. The van der Waals surface area contributed by atoms with Crippen LogP contribution in [0.5, 0.6) is 0 Å². The fourth-order valence-electron chi connectivity index (χ4n) is 4.57. The van der Waals surface area contributed by atoms with Gasteiger partial charge in [0.1, 0.15) is 5.82 Å². The molecule has 1 amide bonds. The molecule has 3 aliphatic rings. The Bertz CT molecular complexity index is 1010. The minimum atomic E-state index is -4.71. The number of amides is 1. The number of benzene rings is 2. The molecule has 0 aliphatic carbocycles. The molecule has 2 bridgehead atoms. The number of carbonyl (C=O) groups excluding carboxylic acids is 1. The number of rotatable bonds is 4. The number of hydrogen-bond acceptors (Lipinski definition) is 2. The van der Waals surface area contributed by atoms with Crippen LogP contribution in [0.2, 0.25) is 10.0 Å². The van der Waals surface area contributed by atoms with Crippen molar-refractivity contribution < 1.29 is 22.4 Å². The average molecular weight is 512 g/mol. The van der Waals surface area contributed by atoms with Crippen molar-refractivity contribution in [2.75, 3.05) is 13.1 Å². The highest BCUT2D eigenvalue weighted by molar-refractivity contribution is 6.40. The summed E-state index contributed by atoms with van der Waals surface area (Å²) in [5.41, 5.74) is -0.0445. The molecule has 0 spiro atoms. The second kappa shape index (κ2) is 9.75. The third-order valence-corrected chi connectivity index (χ3v) is 6.88. The van der Waals surface area contributed by atoms with Crippen molar-refractivity contribution >= 4 is 41.5 Å². The average Bonchev–Trinajstić information content (AvgIpc) is 2.72. The number of halogens is 7. The molecule has 0 radical (unpaired) electrons. The Balaban J connectivity index is 0.00000289. The van der Waals surface area contributed by atoms with Gasteiger partial charge in [-0.05, 0) is 73.7 Å². The summed E-state index contributed by atoms with van der Waals surface area (Å²) in [4.78, 5) is 15.0. The molecule has 174 valence electrons. The van der Waals surface area contributed by atoms with Crippen molar-refractivity contribution in [3.63, 3.8) is 0 Å². The van der Waals surface area contributed by atoms with Gasteiger partial charge in [0, 0.05) is 12.6 Å². The zero-order chi connectivity index (χ0) is 22.3. The summed E-state index contributed by atoms with van der Waals surface area (Å²) < 4.78 is 53.5. The molecule has 3 heterocycles. The molecule has 2 aromatic carbocycles. The maximum atomic E-state index is 14.0. The highest BCUT2D eigenvalue weighted by Gasteiger charge is 2.37. The molecule has 3 nitrogen and oxygen atoms in total. The van der Waals surface area contributed by atoms with Crippen molar-refractivity contribution in [2.24, 2.45) is 5.92 Å². The van der Waals surface area contributed by atoms with Crippen LogP contribution in [0.15, 0.2) is 30.3 Å². The number of piperidine rings is 3. The summed E-state index contributed by atoms with van der Waals surface area (Å²) in [5.74, 6) is -0.582. The van der Waals surface area contributed by atoms with E-state index in [9.17, 15) is 22.4 Å². The first-order valence-electron chi connectivity index (χ1n) is 10.0. The number of fused-ring (bicyclic) bond motifs is 3. The van der Waals surface area contributed by atoms with E-state index in [1.165, 1.54) is 12.1 Å². The van der Waals surface area contributed by atoms with Gasteiger partial charge in [-0.1, -0.05) is 29.3 Å². The Morgan fingerprint density at radius 1 is 1.12 bits per heavy atom. The van der Waals surface area contributed by atoms with Gasteiger partial charge < -0.3 is 5.32 Å². The van der Waals surface area contributed by atoms with E-state index < -0.39 is 28.2 Å². The Morgan fingerprint density at radius 2 is 1.81 bits per heavy atom. The fourth-order valence-corrected chi connectivity index (χ4v) is 5.22. The lowest BCUT2D eigenvalue weighted by molar-refractivity contribution is -0.137. The first-order valence-corrected chi connectivity index (χ1v) is 10.8. The maximum absolute atomic E-state index is 14.0. The molecule has 3 saturated heterocycles. The maximum Gasteiger partial charge on any atom is 0.417 e. The van der Waals surface area contributed by atoms with E-state index >= 15 is 0 Å². The standard InChI is InChI=1S/C22H20Cl2F4N2O.ClH/c23-17-4-3-16(22(26,27)28)20(24)19(17)21(31)29-11-13-1-2-14(25)10-15(13)18-9-12-5-7-30(18)8-6-12;/h1-4,10,12,18H,5-9,11H2,(H,29,31);1H. The van der Waals surface area contributed by atoms with Crippen LogP contribution in [-0.2, 0) is 12.7 Å². The Labute approximate surface area is 199 Å². The molecule has 0 saturated carbocycles. The summed E-state index contributed by atoms with van der Waals surface area (Å²) in [7, 11) is 0. The highest BCUT2D eigenvalue weighted by Crippen LogP contribution is 2.42. The van der Waals surface area contributed by atoms with E-state index in [1.807, 2.05) is 0 Å². The summed E-state index contributed by atoms with van der Waals surface area (Å²) >= 11 is 11.8. The third kappa shape index (κ3) is 5.01. The van der Waals surface area contributed by atoms with E-state index in [4.69, 9.17) is 23.2 Å². The Kier molecular flexibility index (Phi) is 7.65. The molecular weight excluding hydrogens is 491 g/mol. The van der Waals surface area contributed by atoms with Crippen molar-refractivity contribution in [1.82, 2.24) is 10.2 Å². The predicted octanol–water partition coefficient (Wildman–Crippen LogP) is 6.66. The van der Waals surface area contributed by atoms with E-state index in [-0.39, 0.29) is 35.8 Å². The molecule has 2 aromatic rings. The Morgan fingerprint density at radius 3 is 2.41 bits per heavy atom. The van der Waals surface area contributed by atoms with Gasteiger partial charge in [-0.3, -0.25) is 9.69 Å². The SMILES string of the molecule is Cl.O=C(NCc1ccc(F)cc1C1CC2CCN1CC2)c1c(Cl)ccc(C(F)(F)F)c1Cl. The van der Waals surface area contributed by atoms with Gasteiger partial charge in [-0.2, -0.15) is 13.2 Å². The summed E-state index contributed by atoms with van der Waals surface area (Å²) in [5, 5.41) is 1.68. The fraction of sp³-hybridized carbons (Fsp3) is 0.409. The van der Waals surface area contributed by atoms with Crippen LogP contribution in [0, 0.1) is 11.7 Å². The summed E-state index contributed by atoms with van der Waals surface area (Å²) in [6.45, 7) is 1.92. The topological polar surface area (TPSA) is 32.3 Å². The van der Waals surface area contributed by atoms with Crippen molar-refractivity contribution in [2.45, 2.75) is 38.0 Å². The first-order chi connectivity index (χ1) is 14.6. The zero-order valence-electron chi connectivity index (χ0n) is 16.8. The zero-order valence-corrected chi connectivity index (χ0v) is 19.1. The molecule has 3 fully saturated rings. The molecular formula is C22H21Cl3F4N2O. The van der Waals surface area contributed by atoms with Crippen LogP contribution in [0.4, 0.5) is 17.6 Å². The lowest BCUT2D eigenvalue weighted by Crippen LogP contribution is -2.44. The molecule has 1 unspecified atom stereocenters. The van der Waals surface area contributed by atoms with Crippen LogP contribution >= 0.6 is 35.6 Å². The van der Waals surface area contributed by atoms with E-state index in [2.05, 4.69) is 10.2 Å². The van der Waals surface area contributed by atoms with Crippen LogP contribution < -0.4 is 5.32 Å². The van der Waals surface area contributed by atoms with Crippen LogP contribution in [0.3, 0.4) is 0 Å². The molecule has 0 aromatic heterocycles. The molecule has 5 rings (SSSR count). The third-order valence-electron chi connectivity index (χ3n) is 6.18. The molecule has 1 N–H and O–H groups in total. The quantitative estimate of drug-likeness (QED) is 0.466. The Hall–Kier alpha value is -1.54. The van der Waals surface area contributed by atoms with E-state index in [1.54, 1.807) is 6.07 Å². The molecule has 32 heavy (non-hydrogen) atoms. The lowest BCUT2D eigenvalue weighted by Gasteiger charge is -2.46. The van der Waals surface area contributed by atoms with E-state index in [0.29, 0.717) is 11.5 Å². The summed E-state index contributed by atoms with van der Waals surface area (Å²) in [6, 6.07) is 6.20. The first kappa shape index (κ1) is 25.1. The molecule has 10 heteroatoms. The number of nitrogens with zero attached hydrogens (tertiary/aromatic N) is 1. The van der Waals surface area contributed by atoms with Crippen LogP contribution in [0.1, 0.15) is 52.4 Å². The lowest BCUT2D eigenvalue weighted by atomic mass is 9.79. The molecule has 3 aliphatic heterocycles. The normalized spacial score (nSPS) is 22.4. The smallest absolute Gasteiger partial charge is 0.348 e. The van der Waals surface area contributed by atoms with E-state index in [0.717, 1.165) is 50.0 Å². The number of carbonyl (C=O) groups is 1. The van der Waals surface area contributed by atoms with Gasteiger partial charge >= 0.3 is 6.18 Å². The summed E-state index contributed by atoms with van der Waals surface area (Å²) in [6.07, 6.45) is -1.53. The van der Waals surface area contributed by atoms with Gasteiger partial charge in [-0.15, -0.1) is 12.4 Å².